The Balaban J connectivity index is 2.12. The number of benzene rings is 1. The molecule has 0 bridgehead atoms. The van der Waals surface area contributed by atoms with Gasteiger partial charge in [-0.25, -0.2) is 0 Å². The Kier molecular flexibility index (Phi) is 7.09. The SMILES string of the molecule is CC(C)(C)NC(=O)C(c1ccc(Cl)cc1)N(C(=O)c1snc(C(N)=O)c1N)C1CCCC1. The molecule has 0 radical (unpaired) electrons. The van der Waals surface area contributed by atoms with Crippen LogP contribution in [-0.2, 0) is 4.79 Å². The van der Waals surface area contributed by atoms with Crippen molar-refractivity contribution in [1.29, 1.82) is 0 Å². The molecule has 1 fully saturated rings. The lowest BCUT2D eigenvalue weighted by Crippen LogP contribution is -2.51. The monoisotopic (exact) mass is 477 g/mol. The summed E-state index contributed by atoms with van der Waals surface area (Å²) in [6.45, 7) is 5.64. The van der Waals surface area contributed by atoms with Crippen LogP contribution in [-0.4, -0.2) is 38.6 Å². The minimum absolute atomic E-state index is 0.0541. The van der Waals surface area contributed by atoms with E-state index in [0.29, 0.717) is 10.6 Å². The van der Waals surface area contributed by atoms with Crippen molar-refractivity contribution in [2.75, 3.05) is 5.73 Å². The van der Waals surface area contributed by atoms with Crippen LogP contribution >= 0.6 is 23.1 Å². The molecule has 1 atom stereocenters. The summed E-state index contributed by atoms with van der Waals surface area (Å²) in [5.74, 6) is -1.55. The second-order valence-corrected chi connectivity index (χ2v) is 10.2. The molecule has 5 N–H and O–H groups in total. The average molecular weight is 478 g/mol. The van der Waals surface area contributed by atoms with Crippen LogP contribution in [0.25, 0.3) is 0 Å². The van der Waals surface area contributed by atoms with Crippen molar-refractivity contribution in [3.05, 3.63) is 45.4 Å². The molecule has 1 saturated carbocycles. The number of carbonyl (C=O) groups is 3. The highest BCUT2D eigenvalue weighted by molar-refractivity contribution is 7.09. The standard InChI is InChI=1S/C22H28ClN5O3S/c1-22(2,3)26-20(30)17(12-8-10-13(23)11-9-12)28(14-6-4-5-7-14)21(31)18-15(24)16(19(25)29)27-32-18/h8-11,14,17H,4-7,24H2,1-3H3,(H2,25,29)(H,26,30). The predicted octanol–water partition coefficient (Wildman–Crippen LogP) is 3.52. The molecule has 1 aromatic heterocycles. The first kappa shape index (κ1) is 24.0. The molecule has 3 amide bonds. The smallest absolute Gasteiger partial charge is 0.270 e. The van der Waals surface area contributed by atoms with Crippen LogP contribution in [0.5, 0.6) is 0 Å². The maximum absolute atomic E-state index is 13.8. The van der Waals surface area contributed by atoms with Crippen LogP contribution in [0.3, 0.4) is 0 Å². The molecule has 1 aliphatic rings. The van der Waals surface area contributed by atoms with E-state index in [2.05, 4.69) is 9.69 Å². The lowest BCUT2D eigenvalue weighted by Gasteiger charge is -2.37. The number of anilines is 1. The molecule has 172 valence electrons. The molecule has 0 aliphatic heterocycles. The fourth-order valence-corrected chi connectivity index (χ4v) is 4.82. The number of hydrogen-bond donors (Lipinski definition) is 3. The first-order chi connectivity index (χ1) is 15.0. The molecule has 8 nitrogen and oxygen atoms in total. The molecule has 10 heteroatoms. The summed E-state index contributed by atoms with van der Waals surface area (Å²) in [6, 6.07) is 5.81. The maximum Gasteiger partial charge on any atom is 0.270 e. The van der Waals surface area contributed by atoms with Crippen molar-refractivity contribution in [3.8, 4) is 0 Å². The number of amides is 3. The van der Waals surface area contributed by atoms with E-state index in [1.165, 1.54) is 0 Å². The van der Waals surface area contributed by atoms with E-state index in [1.54, 1.807) is 29.2 Å². The molecule has 1 heterocycles. The molecule has 1 aromatic carbocycles. The largest absolute Gasteiger partial charge is 0.395 e. The van der Waals surface area contributed by atoms with Crippen LogP contribution in [0, 0.1) is 0 Å². The predicted molar refractivity (Wildman–Crippen MR) is 126 cm³/mol. The van der Waals surface area contributed by atoms with E-state index < -0.39 is 23.4 Å². The fourth-order valence-electron chi connectivity index (χ4n) is 3.94. The summed E-state index contributed by atoms with van der Waals surface area (Å²) in [5.41, 5.74) is 11.3. The lowest BCUT2D eigenvalue weighted by atomic mass is 9.99. The number of halogens is 1. The van der Waals surface area contributed by atoms with Crippen LogP contribution in [0.4, 0.5) is 5.69 Å². The number of primary amides is 1. The summed E-state index contributed by atoms with van der Waals surface area (Å²) in [4.78, 5) is 40.6. The highest BCUT2D eigenvalue weighted by Crippen LogP contribution is 2.36. The molecule has 0 spiro atoms. The van der Waals surface area contributed by atoms with E-state index >= 15 is 0 Å². The Morgan fingerprint density at radius 2 is 1.78 bits per heavy atom. The Morgan fingerprint density at radius 1 is 1.19 bits per heavy atom. The summed E-state index contributed by atoms with van der Waals surface area (Å²) in [7, 11) is 0. The summed E-state index contributed by atoms with van der Waals surface area (Å²) < 4.78 is 3.97. The van der Waals surface area contributed by atoms with Crippen molar-refractivity contribution in [3.63, 3.8) is 0 Å². The van der Waals surface area contributed by atoms with Gasteiger partial charge in [-0.2, -0.15) is 4.37 Å². The Morgan fingerprint density at radius 3 is 2.28 bits per heavy atom. The highest BCUT2D eigenvalue weighted by Gasteiger charge is 2.40. The zero-order chi connectivity index (χ0) is 23.6. The van der Waals surface area contributed by atoms with Gasteiger partial charge in [0.25, 0.3) is 11.8 Å². The second-order valence-electron chi connectivity index (χ2n) is 8.98. The quantitative estimate of drug-likeness (QED) is 0.585. The first-order valence-corrected chi connectivity index (χ1v) is 11.6. The van der Waals surface area contributed by atoms with Crippen molar-refractivity contribution in [1.82, 2.24) is 14.6 Å². The number of nitrogens with zero attached hydrogens (tertiary/aromatic N) is 2. The molecule has 2 aromatic rings. The third-order valence-corrected chi connectivity index (χ3v) is 6.42. The van der Waals surface area contributed by atoms with E-state index in [0.717, 1.165) is 37.2 Å². The number of aromatic nitrogens is 1. The molecule has 1 aliphatic carbocycles. The third-order valence-electron chi connectivity index (χ3n) is 5.32. The number of nitrogen functional groups attached to an aromatic ring is 1. The van der Waals surface area contributed by atoms with Gasteiger partial charge in [-0.1, -0.05) is 36.6 Å². The van der Waals surface area contributed by atoms with Crippen molar-refractivity contribution in [2.45, 2.75) is 64.1 Å². The lowest BCUT2D eigenvalue weighted by molar-refractivity contribution is -0.128. The molecule has 3 rings (SSSR count). The van der Waals surface area contributed by atoms with Gasteiger partial charge in [-0.05, 0) is 62.8 Å². The number of rotatable bonds is 6. The third kappa shape index (κ3) is 5.21. The Hall–Kier alpha value is -2.65. The Labute approximate surface area is 196 Å². The van der Waals surface area contributed by atoms with Crippen LogP contribution in [0.2, 0.25) is 5.02 Å². The summed E-state index contributed by atoms with van der Waals surface area (Å²) in [5, 5.41) is 3.53. The van der Waals surface area contributed by atoms with Gasteiger partial charge in [0.1, 0.15) is 10.9 Å². The summed E-state index contributed by atoms with van der Waals surface area (Å²) >= 11 is 6.89. The minimum atomic E-state index is -0.902. The van der Waals surface area contributed by atoms with Crippen molar-refractivity contribution < 1.29 is 14.4 Å². The van der Waals surface area contributed by atoms with Crippen LogP contribution in [0.1, 0.15) is 78.2 Å². The highest BCUT2D eigenvalue weighted by atomic mass is 35.5. The van der Waals surface area contributed by atoms with Gasteiger partial charge >= 0.3 is 0 Å². The van der Waals surface area contributed by atoms with E-state index in [9.17, 15) is 14.4 Å². The van der Waals surface area contributed by atoms with Gasteiger partial charge < -0.3 is 21.7 Å². The van der Waals surface area contributed by atoms with E-state index in [-0.39, 0.29) is 28.2 Å². The van der Waals surface area contributed by atoms with Gasteiger partial charge in [0.15, 0.2) is 5.69 Å². The van der Waals surface area contributed by atoms with Gasteiger partial charge in [0.05, 0.1) is 5.69 Å². The zero-order valence-corrected chi connectivity index (χ0v) is 19.9. The van der Waals surface area contributed by atoms with Gasteiger partial charge in [-0.15, -0.1) is 0 Å². The van der Waals surface area contributed by atoms with Crippen molar-refractivity contribution >= 4 is 46.5 Å². The maximum atomic E-state index is 13.8. The molecular weight excluding hydrogens is 450 g/mol. The normalized spacial score (nSPS) is 15.4. The minimum Gasteiger partial charge on any atom is -0.395 e. The van der Waals surface area contributed by atoms with Crippen LogP contribution in [0.15, 0.2) is 24.3 Å². The molecule has 1 unspecified atom stereocenters. The topological polar surface area (TPSA) is 131 Å². The van der Waals surface area contributed by atoms with E-state index in [1.807, 2.05) is 20.8 Å². The number of hydrogen-bond acceptors (Lipinski definition) is 6. The molecule has 32 heavy (non-hydrogen) atoms. The van der Waals surface area contributed by atoms with Crippen molar-refractivity contribution in [2.24, 2.45) is 5.73 Å². The first-order valence-electron chi connectivity index (χ1n) is 10.4. The van der Waals surface area contributed by atoms with Gasteiger partial charge in [0, 0.05) is 16.6 Å². The number of nitrogens with one attached hydrogen (secondary N) is 1. The molecular formula is C22H28ClN5O3S. The summed E-state index contributed by atoms with van der Waals surface area (Å²) in [6.07, 6.45) is 3.43. The average Bonchev–Trinajstić information content (AvgIpc) is 3.34. The number of nitrogens with two attached hydrogens (primary N) is 2. The Bertz CT molecular complexity index is 1010. The molecule has 0 saturated heterocycles. The number of carbonyl (C=O) groups excluding carboxylic acids is 3. The van der Waals surface area contributed by atoms with Gasteiger partial charge in [0.2, 0.25) is 5.91 Å². The van der Waals surface area contributed by atoms with E-state index in [4.69, 9.17) is 23.1 Å². The zero-order valence-electron chi connectivity index (χ0n) is 18.4. The van der Waals surface area contributed by atoms with Crippen LogP contribution < -0.4 is 16.8 Å². The fraction of sp³-hybridized carbons (Fsp3) is 0.455. The second kappa shape index (κ2) is 9.46. The van der Waals surface area contributed by atoms with Gasteiger partial charge in [-0.3, -0.25) is 14.4 Å².